The first-order valence-electron chi connectivity index (χ1n) is 6.45. The van der Waals surface area contributed by atoms with Gasteiger partial charge in [0.2, 0.25) is 0 Å². The summed E-state index contributed by atoms with van der Waals surface area (Å²) in [4.78, 5) is 0. The van der Waals surface area contributed by atoms with Gasteiger partial charge in [0, 0.05) is 19.2 Å². The first-order valence-corrected chi connectivity index (χ1v) is 7.43. The van der Waals surface area contributed by atoms with Crippen molar-refractivity contribution in [2.24, 2.45) is 12.8 Å². The molecule has 0 atom stereocenters. The molecule has 23 heavy (non-hydrogen) atoms. The minimum Gasteiger partial charge on any atom is -0.406 e. The fourth-order valence-electron chi connectivity index (χ4n) is 1.75. The minimum atomic E-state index is -4.67. The molecule has 1 heterocycles. The van der Waals surface area contributed by atoms with Gasteiger partial charge >= 0.3 is 6.36 Å². The molecule has 1 aromatic carbocycles. The van der Waals surface area contributed by atoms with Crippen molar-refractivity contribution in [3.05, 3.63) is 35.7 Å². The number of hydrogen-bond acceptors (Lipinski definition) is 5. The lowest BCUT2D eigenvalue weighted by Gasteiger charge is -2.09. The molecule has 5 nitrogen and oxygen atoms in total. The Kier molecular flexibility index (Phi) is 7.17. The lowest BCUT2D eigenvalue weighted by molar-refractivity contribution is -0.274. The van der Waals surface area contributed by atoms with Crippen molar-refractivity contribution in [2.45, 2.75) is 23.7 Å². The Balaban J connectivity index is 0.00000264. The highest BCUT2D eigenvalue weighted by Gasteiger charge is 2.30. The van der Waals surface area contributed by atoms with Crippen LogP contribution >= 0.6 is 24.2 Å². The molecule has 0 radical (unpaired) electrons. The van der Waals surface area contributed by atoms with Gasteiger partial charge < -0.3 is 15.0 Å². The quantitative estimate of drug-likeness (QED) is 0.794. The zero-order valence-corrected chi connectivity index (χ0v) is 13.8. The molecule has 0 saturated carbocycles. The summed E-state index contributed by atoms with van der Waals surface area (Å²) >= 11 is 1.45. The highest BCUT2D eigenvalue weighted by atomic mass is 35.5. The van der Waals surface area contributed by atoms with Crippen molar-refractivity contribution in [1.82, 2.24) is 14.8 Å². The number of rotatable bonds is 6. The Morgan fingerprint density at radius 1 is 1.22 bits per heavy atom. The van der Waals surface area contributed by atoms with Crippen LogP contribution in [0.1, 0.15) is 11.4 Å². The predicted molar refractivity (Wildman–Crippen MR) is 83.7 cm³/mol. The first kappa shape index (κ1) is 19.6. The number of thioether (sulfide) groups is 1. The average molecular weight is 369 g/mol. The molecule has 0 aliphatic heterocycles. The number of nitrogens with two attached hydrogens (primary N) is 1. The fourth-order valence-corrected chi connectivity index (χ4v) is 2.64. The van der Waals surface area contributed by atoms with Crippen molar-refractivity contribution in [2.75, 3.05) is 6.54 Å². The highest BCUT2D eigenvalue weighted by Crippen LogP contribution is 2.25. The van der Waals surface area contributed by atoms with Gasteiger partial charge in [-0.3, -0.25) is 0 Å². The van der Waals surface area contributed by atoms with Gasteiger partial charge in [0.15, 0.2) is 5.16 Å². The second-order valence-corrected chi connectivity index (χ2v) is 5.42. The van der Waals surface area contributed by atoms with E-state index in [9.17, 15) is 13.2 Å². The summed E-state index contributed by atoms with van der Waals surface area (Å²) in [5.74, 6) is 1.14. The zero-order valence-electron chi connectivity index (χ0n) is 12.2. The summed E-state index contributed by atoms with van der Waals surface area (Å²) in [5, 5.41) is 8.84. The smallest absolute Gasteiger partial charge is 0.406 e. The second-order valence-electron chi connectivity index (χ2n) is 4.48. The molecular formula is C13H16ClF3N4OS. The van der Waals surface area contributed by atoms with E-state index in [4.69, 9.17) is 5.73 Å². The number of nitrogens with zero attached hydrogens (tertiary/aromatic N) is 3. The van der Waals surface area contributed by atoms with E-state index in [1.807, 2.05) is 11.6 Å². The van der Waals surface area contributed by atoms with Crippen LogP contribution < -0.4 is 10.5 Å². The predicted octanol–water partition coefficient (Wildman–Crippen LogP) is 2.93. The van der Waals surface area contributed by atoms with Crippen molar-refractivity contribution in [3.8, 4) is 5.75 Å². The molecule has 0 saturated heterocycles. The Morgan fingerprint density at radius 3 is 2.43 bits per heavy atom. The van der Waals surface area contributed by atoms with Crippen molar-refractivity contribution < 1.29 is 17.9 Å². The van der Waals surface area contributed by atoms with Crippen LogP contribution in [0.5, 0.6) is 5.75 Å². The standard InChI is InChI=1S/C13H15F3N4OS.ClH/c1-20-11(6-7-17)18-19-12(20)22-8-9-2-4-10(5-3-9)21-13(14,15)16;/h2-5H,6-8,17H2,1H3;1H. The number of aromatic nitrogens is 3. The summed E-state index contributed by atoms with van der Waals surface area (Å²) in [6, 6.07) is 5.76. The summed E-state index contributed by atoms with van der Waals surface area (Å²) < 4.78 is 41.9. The molecule has 10 heteroatoms. The Bertz CT molecular complexity index is 619. The average Bonchev–Trinajstić information content (AvgIpc) is 2.78. The van der Waals surface area contributed by atoms with Gasteiger partial charge in [0.1, 0.15) is 11.6 Å². The Hall–Kier alpha value is -1.45. The zero-order chi connectivity index (χ0) is 16.2. The SMILES string of the molecule is Cl.Cn1c(CCN)nnc1SCc1ccc(OC(F)(F)F)cc1. The highest BCUT2D eigenvalue weighted by molar-refractivity contribution is 7.98. The summed E-state index contributed by atoms with van der Waals surface area (Å²) in [6.45, 7) is 0.497. The van der Waals surface area contributed by atoms with Crippen LogP contribution in [0.3, 0.4) is 0 Å². The Morgan fingerprint density at radius 2 is 1.87 bits per heavy atom. The Labute approximate surface area is 141 Å². The van der Waals surface area contributed by atoms with Gasteiger partial charge in [-0.2, -0.15) is 0 Å². The van der Waals surface area contributed by atoms with Gasteiger partial charge in [0.25, 0.3) is 0 Å². The molecule has 0 aliphatic carbocycles. The van der Waals surface area contributed by atoms with Crippen molar-refractivity contribution in [3.63, 3.8) is 0 Å². The van der Waals surface area contributed by atoms with Crippen LogP contribution in [0.15, 0.2) is 29.4 Å². The normalized spacial score (nSPS) is 11.2. The van der Waals surface area contributed by atoms with Crippen LogP contribution in [-0.4, -0.2) is 27.7 Å². The van der Waals surface area contributed by atoms with Gasteiger partial charge in [-0.1, -0.05) is 23.9 Å². The van der Waals surface area contributed by atoms with E-state index in [1.165, 1.54) is 23.9 Å². The number of hydrogen-bond donors (Lipinski definition) is 1. The number of benzene rings is 1. The van der Waals surface area contributed by atoms with Crippen LogP contribution in [0.4, 0.5) is 13.2 Å². The lowest BCUT2D eigenvalue weighted by Crippen LogP contribution is -2.16. The molecule has 0 fully saturated rings. The van der Waals surface area contributed by atoms with Crippen molar-refractivity contribution in [1.29, 1.82) is 0 Å². The van der Waals surface area contributed by atoms with Crippen LogP contribution in [0.2, 0.25) is 0 Å². The maximum absolute atomic E-state index is 12.1. The van der Waals surface area contributed by atoms with E-state index < -0.39 is 6.36 Å². The van der Waals surface area contributed by atoms with Gasteiger partial charge in [-0.25, -0.2) is 0 Å². The monoisotopic (exact) mass is 368 g/mol. The topological polar surface area (TPSA) is 66.0 Å². The molecule has 128 valence electrons. The maximum atomic E-state index is 12.1. The third-order valence-corrected chi connectivity index (χ3v) is 3.91. The first-order chi connectivity index (χ1) is 10.4. The van der Waals surface area contributed by atoms with E-state index in [1.54, 1.807) is 12.1 Å². The summed E-state index contributed by atoms with van der Waals surface area (Å²) in [5.41, 5.74) is 6.35. The minimum absolute atomic E-state index is 0. The van der Waals surface area contributed by atoms with Crippen molar-refractivity contribution >= 4 is 24.2 Å². The molecule has 2 aromatic rings. The maximum Gasteiger partial charge on any atom is 0.573 e. The van der Waals surface area contributed by atoms with E-state index in [-0.39, 0.29) is 18.2 Å². The van der Waals surface area contributed by atoms with Gasteiger partial charge in [-0.15, -0.1) is 35.8 Å². The largest absolute Gasteiger partial charge is 0.573 e. The third kappa shape index (κ3) is 5.92. The van der Waals surface area contributed by atoms with E-state index >= 15 is 0 Å². The van der Waals surface area contributed by atoms with Crippen LogP contribution in [0.25, 0.3) is 0 Å². The second kappa shape index (κ2) is 8.42. The molecule has 0 spiro atoms. The van der Waals surface area contributed by atoms with Crippen LogP contribution in [0, 0.1) is 0 Å². The fraction of sp³-hybridized carbons (Fsp3) is 0.385. The molecule has 2 rings (SSSR count). The number of alkyl halides is 3. The molecular weight excluding hydrogens is 353 g/mol. The third-order valence-electron chi connectivity index (χ3n) is 2.82. The molecule has 1 aromatic heterocycles. The van der Waals surface area contributed by atoms with Gasteiger partial charge in [-0.05, 0) is 24.2 Å². The number of ether oxygens (including phenoxy) is 1. The molecule has 2 N–H and O–H groups in total. The van der Waals surface area contributed by atoms with Gasteiger partial charge in [0.05, 0.1) is 0 Å². The lowest BCUT2D eigenvalue weighted by atomic mass is 10.2. The van der Waals surface area contributed by atoms with E-state index in [0.29, 0.717) is 18.7 Å². The summed E-state index contributed by atoms with van der Waals surface area (Å²) in [7, 11) is 1.85. The number of halogens is 4. The molecule has 0 aliphatic rings. The van der Waals surface area contributed by atoms with Crippen LogP contribution in [-0.2, 0) is 19.2 Å². The molecule has 0 amide bonds. The molecule has 0 unspecified atom stereocenters. The van der Waals surface area contributed by atoms with E-state index in [2.05, 4.69) is 14.9 Å². The summed E-state index contributed by atoms with van der Waals surface area (Å²) in [6.07, 6.45) is -4.03. The van der Waals surface area contributed by atoms with E-state index in [0.717, 1.165) is 16.5 Å². The molecule has 0 bridgehead atoms.